The first-order valence-electron chi connectivity index (χ1n) is 15.8. The first-order chi connectivity index (χ1) is 22.8. The summed E-state index contributed by atoms with van der Waals surface area (Å²) in [6, 6.07) is 55.7. The fourth-order valence-corrected chi connectivity index (χ4v) is 6.94. The molecule has 0 saturated heterocycles. The first-order valence-corrected chi connectivity index (χ1v) is 15.8. The van der Waals surface area contributed by atoms with Gasteiger partial charge in [-0.3, -0.25) is 5.32 Å². The predicted octanol–water partition coefficient (Wildman–Crippen LogP) is 10.5. The molecule has 0 bridgehead atoms. The van der Waals surface area contributed by atoms with Crippen LogP contribution in [0.1, 0.15) is 28.9 Å². The number of hydrogen-bond donors (Lipinski definition) is 2. The standard InChI is InChI=1S/C42H31N3O/c1-3-13-28(14-4-1)35-27-36(44-42(43-35)30-15-5-2-6-16-30)29-23-25-31(26-24-29)45-37-20-10-7-17-32(37)40-34-19-9-12-22-39(34)46-41(40)33-18-8-11-21-38(33)45/h1-27,35,42-44H. The van der Waals surface area contributed by atoms with Gasteiger partial charge in [0.2, 0.25) is 0 Å². The van der Waals surface area contributed by atoms with E-state index < -0.39 is 0 Å². The third-order valence-corrected chi connectivity index (χ3v) is 9.11. The number of para-hydroxylation sites is 3. The van der Waals surface area contributed by atoms with Crippen molar-refractivity contribution >= 4 is 33.7 Å². The number of rotatable bonds is 4. The summed E-state index contributed by atoms with van der Waals surface area (Å²) in [5.74, 6) is 0.909. The molecule has 9 rings (SSSR count). The van der Waals surface area contributed by atoms with Gasteiger partial charge in [0.15, 0.2) is 0 Å². The van der Waals surface area contributed by atoms with Gasteiger partial charge >= 0.3 is 0 Å². The Hall–Kier alpha value is -5.84. The van der Waals surface area contributed by atoms with Crippen LogP contribution in [0.4, 0.5) is 17.1 Å². The van der Waals surface area contributed by atoms with Crippen LogP contribution < -0.4 is 15.5 Å². The zero-order valence-corrected chi connectivity index (χ0v) is 25.1. The largest absolute Gasteiger partial charge is 0.455 e. The van der Waals surface area contributed by atoms with E-state index in [1.165, 1.54) is 11.1 Å². The molecule has 6 aromatic carbocycles. The lowest BCUT2D eigenvalue weighted by atomic mass is 9.98. The number of fused-ring (bicyclic) bond motifs is 7. The third kappa shape index (κ3) is 4.42. The molecule has 0 spiro atoms. The maximum Gasteiger partial charge on any atom is 0.145 e. The minimum absolute atomic E-state index is 0.0215. The lowest BCUT2D eigenvalue weighted by Crippen LogP contribution is -2.39. The number of furan rings is 1. The van der Waals surface area contributed by atoms with E-state index in [0.717, 1.165) is 61.7 Å². The van der Waals surface area contributed by atoms with Crippen molar-refractivity contribution in [1.29, 1.82) is 0 Å². The monoisotopic (exact) mass is 593 g/mol. The number of nitrogens with one attached hydrogen (secondary N) is 2. The van der Waals surface area contributed by atoms with E-state index in [2.05, 4.69) is 173 Å². The topological polar surface area (TPSA) is 40.4 Å². The van der Waals surface area contributed by atoms with Crippen LogP contribution in [0.25, 0.3) is 39.1 Å². The average molecular weight is 594 g/mol. The molecule has 46 heavy (non-hydrogen) atoms. The van der Waals surface area contributed by atoms with Crippen molar-refractivity contribution in [3.05, 3.63) is 180 Å². The van der Waals surface area contributed by atoms with E-state index in [0.29, 0.717) is 0 Å². The molecule has 220 valence electrons. The number of benzene rings is 6. The van der Waals surface area contributed by atoms with E-state index in [9.17, 15) is 0 Å². The fourth-order valence-electron chi connectivity index (χ4n) is 6.94. The smallest absolute Gasteiger partial charge is 0.145 e. The summed E-state index contributed by atoms with van der Waals surface area (Å²) in [7, 11) is 0. The van der Waals surface area contributed by atoms with Gasteiger partial charge in [-0.15, -0.1) is 0 Å². The normalized spacial score (nSPS) is 16.9. The number of nitrogens with zero attached hydrogens (tertiary/aromatic N) is 1. The Morgan fingerprint density at radius 1 is 0.543 bits per heavy atom. The molecule has 2 aliphatic rings. The van der Waals surface area contributed by atoms with E-state index in [1.807, 2.05) is 6.07 Å². The molecule has 4 nitrogen and oxygen atoms in total. The molecule has 1 aromatic heterocycles. The van der Waals surface area contributed by atoms with Crippen molar-refractivity contribution < 1.29 is 4.42 Å². The highest BCUT2D eigenvalue weighted by atomic mass is 16.3. The first kappa shape index (κ1) is 26.6. The molecule has 0 saturated carbocycles. The summed E-state index contributed by atoms with van der Waals surface area (Å²) >= 11 is 0. The van der Waals surface area contributed by atoms with Gasteiger partial charge in [-0.2, -0.15) is 0 Å². The van der Waals surface area contributed by atoms with Gasteiger partial charge in [0.25, 0.3) is 0 Å². The molecular formula is C42H31N3O. The maximum absolute atomic E-state index is 6.58. The van der Waals surface area contributed by atoms with Crippen molar-refractivity contribution in [2.24, 2.45) is 0 Å². The molecule has 0 radical (unpaired) electrons. The molecule has 3 heterocycles. The lowest BCUT2D eigenvalue weighted by Gasteiger charge is -2.33. The molecule has 0 aliphatic carbocycles. The minimum Gasteiger partial charge on any atom is -0.455 e. The Morgan fingerprint density at radius 2 is 1.15 bits per heavy atom. The second kappa shape index (κ2) is 11.0. The van der Waals surface area contributed by atoms with Gasteiger partial charge in [0, 0.05) is 33.5 Å². The van der Waals surface area contributed by atoms with Crippen molar-refractivity contribution in [3.8, 4) is 22.5 Å². The van der Waals surface area contributed by atoms with Crippen molar-refractivity contribution in [2.45, 2.75) is 12.2 Å². The van der Waals surface area contributed by atoms with E-state index in [-0.39, 0.29) is 12.2 Å². The molecule has 2 N–H and O–H groups in total. The highest BCUT2D eigenvalue weighted by Crippen LogP contribution is 2.53. The third-order valence-electron chi connectivity index (χ3n) is 9.11. The Balaban J connectivity index is 1.15. The second-order valence-electron chi connectivity index (χ2n) is 11.8. The van der Waals surface area contributed by atoms with Crippen LogP contribution in [0, 0.1) is 0 Å². The molecule has 2 aliphatic heterocycles. The lowest BCUT2D eigenvalue weighted by molar-refractivity contribution is 0.442. The molecule has 2 unspecified atom stereocenters. The Kier molecular flexibility index (Phi) is 6.32. The molecule has 2 atom stereocenters. The molecule has 7 aromatic rings. The fraction of sp³-hybridized carbons (Fsp3) is 0.0476. The van der Waals surface area contributed by atoms with Crippen LogP contribution in [-0.2, 0) is 0 Å². The SMILES string of the molecule is C1=C(c2ccc(N3c4ccccc4-c4oc5ccccc5c4-c4ccccc43)cc2)NC(c2ccccc2)NC1c1ccccc1. The molecular weight excluding hydrogens is 562 g/mol. The molecule has 4 heteroatoms. The number of hydrogen-bond acceptors (Lipinski definition) is 4. The Morgan fingerprint density at radius 3 is 1.91 bits per heavy atom. The van der Waals surface area contributed by atoms with Crippen molar-refractivity contribution in [3.63, 3.8) is 0 Å². The Labute approximate surface area is 268 Å². The summed E-state index contributed by atoms with van der Waals surface area (Å²) in [6.45, 7) is 0. The minimum atomic E-state index is -0.0215. The van der Waals surface area contributed by atoms with Gasteiger partial charge in [0.1, 0.15) is 17.5 Å². The van der Waals surface area contributed by atoms with E-state index >= 15 is 0 Å². The number of anilines is 3. The second-order valence-corrected chi connectivity index (χ2v) is 11.8. The zero-order chi connectivity index (χ0) is 30.5. The van der Waals surface area contributed by atoms with Crippen LogP contribution in [0.15, 0.2) is 168 Å². The van der Waals surface area contributed by atoms with Gasteiger partial charge in [-0.05, 0) is 59.2 Å². The molecule has 0 fully saturated rings. The molecule has 0 amide bonds. The van der Waals surface area contributed by atoms with Crippen molar-refractivity contribution in [1.82, 2.24) is 10.6 Å². The Bertz CT molecular complexity index is 2220. The highest BCUT2D eigenvalue weighted by molar-refractivity contribution is 6.10. The summed E-state index contributed by atoms with van der Waals surface area (Å²) < 4.78 is 6.58. The van der Waals surface area contributed by atoms with E-state index in [4.69, 9.17) is 4.42 Å². The highest BCUT2D eigenvalue weighted by Gasteiger charge is 2.30. The summed E-state index contributed by atoms with van der Waals surface area (Å²) in [6.07, 6.45) is 2.27. The van der Waals surface area contributed by atoms with Crippen LogP contribution >= 0.6 is 0 Å². The van der Waals surface area contributed by atoms with Crippen LogP contribution in [-0.4, -0.2) is 0 Å². The average Bonchev–Trinajstić information content (AvgIpc) is 3.47. The van der Waals surface area contributed by atoms with Gasteiger partial charge < -0.3 is 14.6 Å². The summed E-state index contributed by atoms with van der Waals surface area (Å²) in [5.41, 5.74) is 12.3. The van der Waals surface area contributed by atoms with Crippen molar-refractivity contribution in [2.75, 3.05) is 4.90 Å². The van der Waals surface area contributed by atoms with Crippen LogP contribution in [0.5, 0.6) is 0 Å². The quantitative estimate of drug-likeness (QED) is 0.213. The van der Waals surface area contributed by atoms with Crippen LogP contribution in [0.2, 0.25) is 0 Å². The maximum atomic E-state index is 6.58. The van der Waals surface area contributed by atoms with E-state index in [1.54, 1.807) is 0 Å². The van der Waals surface area contributed by atoms with Gasteiger partial charge in [-0.1, -0.05) is 121 Å². The van der Waals surface area contributed by atoms with Crippen LogP contribution in [0.3, 0.4) is 0 Å². The summed E-state index contributed by atoms with van der Waals surface area (Å²) in [4.78, 5) is 2.36. The predicted molar refractivity (Wildman–Crippen MR) is 188 cm³/mol. The zero-order valence-electron chi connectivity index (χ0n) is 25.1. The van der Waals surface area contributed by atoms with Gasteiger partial charge in [0.05, 0.1) is 17.4 Å². The van der Waals surface area contributed by atoms with Gasteiger partial charge in [-0.25, -0.2) is 0 Å². The summed E-state index contributed by atoms with van der Waals surface area (Å²) in [5, 5.41) is 8.69.